The SMILES string of the molecule is CC(C)Cc1ccc(C(Cl)C(C)c2ccccc2)cc1. The summed E-state index contributed by atoms with van der Waals surface area (Å²) in [6.07, 6.45) is 1.13. The van der Waals surface area contributed by atoms with Crippen molar-refractivity contribution in [2.45, 2.75) is 38.5 Å². The van der Waals surface area contributed by atoms with Crippen LogP contribution in [-0.2, 0) is 6.42 Å². The molecule has 0 nitrogen and oxygen atoms in total. The summed E-state index contributed by atoms with van der Waals surface area (Å²) < 4.78 is 0. The molecular weight excluding hydrogens is 264 g/mol. The highest BCUT2D eigenvalue weighted by Gasteiger charge is 2.18. The van der Waals surface area contributed by atoms with Crippen molar-refractivity contribution in [1.82, 2.24) is 0 Å². The molecule has 0 aromatic heterocycles. The molecule has 2 atom stereocenters. The third-order valence-electron chi connectivity index (χ3n) is 3.71. The van der Waals surface area contributed by atoms with Crippen LogP contribution in [0.25, 0.3) is 0 Å². The lowest BCUT2D eigenvalue weighted by atomic mass is 9.92. The minimum atomic E-state index is 0.0190. The Morgan fingerprint density at radius 1 is 0.800 bits per heavy atom. The molecule has 0 saturated carbocycles. The lowest BCUT2D eigenvalue weighted by Crippen LogP contribution is -2.03. The van der Waals surface area contributed by atoms with Crippen LogP contribution in [0.2, 0.25) is 0 Å². The molecule has 0 radical (unpaired) electrons. The number of hydrogen-bond donors (Lipinski definition) is 0. The van der Waals surface area contributed by atoms with Gasteiger partial charge in [0.1, 0.15) is 0 Å². The molecule has 0 amide bonds. The van der Waals surface area contributed by atoms with Crippen molar-refractivity contribution in [1.29, 1.82) is 0 Å². The maximum atomic E-state index is 6.65. The zero-order valence-corrected chi connectivity index (χ0v) is 13.3. The van der Waals surface area contributed by atoms with Crippen molar-refractivity contribution >= 4 is 11.6 Å². The fourth-order valence-corrected chi connectivity index (χ4v) is 2.81. The molecule has 0 aliphatic carbocycles. The van der Waals surface area contributed by atoms with Gasteiger partial charge in [-0.05, 0) is 29.0 Å². The first-order valence-corrected chi connectivity index (χ1v) is 7.79. The molecule has 0 aliphatic rings. The first-order valence-electron chi connectivity index (χ1n) is 7.35. The van der Waals surface area contributed by atoms with Crippen LogP contribution in [0.4, 0.5) is 0 Å². The molecule has 106 valence electrons. The fourth-order valence-electron chi connectivity index (χ4n) is 2.52. The Bertz CT molecular complexity index is 513. The lowest BCUT2D eigenvalue weighted by molar-refractivity contribution is 0.646. The lowest BCUT2D eigenvalue weighted by Gasteiger charge is -2.19. The molecule has 20 heavy (non-hydrogen) atoms. The monoisotopic (exact) mass is 286 g/mol. The Morgan fingerprint density at radius 3 is 1.95 bits per heavy atom. The number of rotatable bonds is 5. The van der Waals surface area contributed by atoms with Crippen molar-refractivity contribution in [3.8, 4) is 0 Å². The summed E-state index contributed by atoms with van der Waals surface area (Å²) >= 11 is 6.65. The molecule has 2 aromatic carbocycles. The summed E-state index contributed by atoms with van der Waals surface area (Å²) in [5.41, 5.74) is 3.88. The van der Waals surface area contributed by atoms with E-state index in [0.717, 1.165) is 6.42 Å². The van der Waals surface area contributed by atoms with Crippen LogP contribution in [0.5, 0.6) is 0 Å². The van der Waals surface area contributed by atoms with E-state index in [1.807, 2.05) is 6.07 Å². The average molecular weight is 287 g/mol. The van der Waals surface area contributed by atoms with Gasteiger partial charge >= 0.3 is 0 Å². The minimum Gasteiger partial charge on any atom is -0.117 e. The van der Waals surface area contributed by atoms with E-state index in [1.165, 1.54) is 16.7 Å². The Morgan fingerprint density at radius 2 is 1.40 bits per heavy atom. The van der Waals surface area contributed by atoms with E-state index in [-0.39, 0.29) is 5.38 Å². The summed E-state index contributed by atoms with van der Waals surface area (Å²) in [5, 5.41) is 0.0190. The second-order valence-electron chi connectivity index (χ2n) is 5.94. The van der Waals surface area contributed by atoms with Crippen LogP contribution < -0.4 is 0 Å². The van der Waals surface area contributed by atoms with Crippen molar-refractivity contribution in [2.75, 3.05) is 0 Å². The Balaban J connectivity index is 2.11. The Hall–Kier alpha value is -1.27. The van der Waals surface area contributed by atoms with Crippen molar-refractivity contribution in [2.24, 2.45) is 5.92 Å². The highest BCUT2D eigenvalue weighted by molar-refractivity contribution is 6.21. The number of alkyl halides is 1. The maximum Gasteiger partial charge on any atom is 0.0651 e. The number of hydrogen-bond acceptors (Lipinski definition) is 0. The average Bonchev–Trinajstić information content (AvgIpc) is 2.47. The molecule has 2 aromatic rings. The summed E-state index contributed by atoms with van der Waals surface area (Å²) in [6.45, 7) is 6.68. The van der Waals surface area contributed by atoms with E-state index in [0.29, 0.717) is 11.8 Å². The van der Waals surface area contributed by atoms with E-state index in [2.05, 4.69) is 69.3 Å². The van der Waals surface area contributed by atoms with Gasteiger partial charge in [0, 0.05) is 5.92 Å². The van der Waals surface area contributed by atoms with E-state index in [9.17, 15) is 0 Å². The summed E-state index contributed by atoms with van der Waals surface area (Å²) in [7, 11) is 0. The third-order valence-corrected chi connectivity index (χ3v) is 4.34. The van der Waals surface area contributed by atoms with Crippen LogP contribution in [-0.4, -0.2) is 0 Å². The normalized spacial score (nSPS) is 14.2. The molecule has 2 unspecified atom stereocenters. The minimum absolute atomic E-state index is 0.0190. The number of halogens is 1. The van der Waals surface area contributed by atoms with E-state index < -0.39 is 0 Å². The molecule has 0 fully saturated rings. The van der Waals surface area contributed by atoms with Gasteiger partial charge in [-0.3, -0.25) is 0 Å². The molecule has 0 heterocycles. The highest BCUT2D eigenvalue weighted by Crippen LogP contribution is 2.35. The van der Waals surface area contributed by atoms with Crippen LogP contribution in [0.3, 0.4) is 0 Å². The molecular formula is C19H23Cl. The highest BCUT2D eigenvalue weighted by atomic mass is 35.5. The van der Waals surface area contributed by atoms with Crippen LogP contribution in [0, 0.1) is 5.92 Å². The number of benzene rings is 2. The topological polar surface area (TPSA) is 0 Å². The maximum absolute atomic E-state index is 6.65. The van der Waals surface area contributed by atoms with Crippen LogP contribution >= 0.6 is 11.6 Å². The molecule has 1 heteroatoms. The van der Waals surface area contributed by atoms with E-state index in [4.69, 9.17) is 11.6 Å². The first kappa shape index (κ1) is 15.1. The van der Waals surface area contributed by atoms with Crippen LogP contribution in [0.15, 0.2) is 54.6 Å². The van der Waals surface area contributed by atoms with Gasteiger partial charge in [0.25, 0.3) is 0 Å². The Labute approximate surface area is 127 Å². The second-order valence-corrected chi connectivity index (χ2v) is 6.41. The van der Waals surface area contributed by atoms with Gasteiger partial charge in [-0.25, -0.2) is 0 Å². The predicted octanol–water partition coefficient (Wildman–Crippen LogP) is 5.97. The van der Waals surface area contributed by atoms with Gasteiger partial charge in [0.2, 0.25) is 0 Å². The molecule has 0 bridgehead atoms. The molecule has 0 aliphatic heterocycles. The van der Waals surface area contributed by atoms with E-state index in [1.54, 1.807) is 0 Å². The fraction of sp³-hybridized carbons (Fsp3) is 0.368. The smallest absolute Gasteiger partial charge is 0.0651 e. The molecule has 0 saturated heterocycles. The Kier molecular flexibility index (Phi) is 5.25. The first-order chi connectivity index (χ1) is 9.58. The second kappa shape index (κ2) is 6.95. The van der Waals surface area contributed by atoms with Crippen molar-refractivity contribution < 1.29 is 0 Å². The summed E-state index contributed by atoms with van der Waals surface area (Å²) in [6, 6.07) is 19.2. The van der Waals surface area contributed by atoms with Gasteiger partial charge in [-0.2, -0.15) is 0 Å². The van der Waals surface area contributed by atoms with Gasteiger partial charge < -0.3 is 0 Å². The third kappa shape index (κ3) is 3.86. The molecule has 0 N–H and O–H groups in total. The summed E-state index contributed by atoms with van der Waals surface area (Å²) in [5.74, 6) is 1.00. The van der Waals surface area contributed by atoms with Crippen LogP contribution in [0.1, 0.15) is 48.8 Å². The van der Waals surface area contributed by atoms with Gasteiger partial charge in [0.15, 0.2) is 0 Å². The largest absolute Gasteiger partial charge is 0.117 e. The van der Waals surface area contributed by atoms with Crippen molar-refractivity contribution in [3.05, 3.63) is 71.3 Å². The quantitative estimate of drug-likeness (QED) is 0.594. The molecule has 0 spiro atoms. The van der Waals surface area contributed by atoms with Gasteiger partial charge in [-0.15, -0.1) is 11.6 Å². The zero-order chi connectivity index (χ0) is 14.5. The van der Waals surface area contributed by atoms with Gasteiger partial charge in [-0.1, -0.05) is 75.4 Å². The predicted molar refractivity (Wildman–Crippen MR) is 88.4 cm³/mol. The standard InChI is InChI=1S/C19H23Cl/c1-14(2)13-16-9-11-18(12-10-16)19(20)15(3)17-7-5-4-6-8-17/h4-12,14-15,19H,13H2,1-3H3. The summed E-state index contributed by atoms with van der Waals surface area (Å²) in [4.78, 5) is 0. The van der Waals surface area contributed by atoms with Crippen molar-refractivity contribution in [3.63, 3.8) is 0 Å². The molecule has 2 rings (SSSR count). The van der Waals surface area contributed by atoms with E-state index >= 15 is 0 Å². The van der Waals surface area contributed by atoms with Gasteiger partial charge in [0.05, 0.1) is 5.38 Å². The zero-order valence-electron chi connectivity index (χ0n) is 12.5.